The molecule has 2 rings (SSSR count). The van der Waals surface area contributed by atoms with Crippen LogP contribution in [0.25, 0.3) is 0 Å². The number of nitrogens with one attached hydrogen (secondary N) is 1. The first-order chi connectivity index (χ1) is 10.1. The van der Waals surface area contributed by atoms with Gasteiger partial charge in [0.2, 0.25) is 0 Å². The van der Waals surface area contributed by atoms with Gasteiger partial charge in [-0.3, -0.25) is 0 Å². The number of benzene rings is 1. The van der Waals surface area contributed by atoms with E-state index in [0.29, 0.717) is 12.2 Å². The Morgan fingerprint density at radius 1 is 1.48 bits per heavy atom. The molecule has 6 nitrogen and oxygen atoms in total. The summed E-state index contributed by atoms with van der Waals surface area (Å²) < 4.78 is 11.3. The molecule has 1 aromatic rings. The Morgan fingerprint density at radius 3 is 2.86 bits per heavy atom. The van der Waals surface area contributed by atoms with Crippen LogP contribution in [0.5, 0.6) is 5.75 Å². The molecule has 0 saturated carbocycles. The molecule has 21 heavy (non-hydrogen) atoms. The molecule has 116 valence electrons. The molecule has 4 N–H and O–H groups in total. The fourth-order valence-corrected chi connectivity index (χ4v) is 2.35. The number of ether oxygens (including phenoxy) is 2. The van der Waals surface area contributed by atoms with Crippen LogP contribution in [0.3, 0.4) is 0 Å². The van der Waals surface area contributed by atoms with E-state index < -0.39 is 0 Å². The number of nitrogens with two attached hydrogens (primary N) is 1. The van der Waals surface area contributed by atoms with E-state index in [9.17, 15) is 0 Å². The number of nitrogens with zero attached hydrogens (tertiary/aromatic N) is 1. The zero-order valence-electron chi connectivity index (χ0n) is 12.3. The number of oxime groups is 1. The van der Waals surface area contributed by atoms with Gasteiger partial charge in [-0.15, -0.1) is 0 Å². The van der Waals surface area contributed by atoms with Crippen LogP contribution in [-0.2, 0) is 4.74 Å². The number of hydrogen-bond donors (Lipinski definition) is 3. The summed E-state index contributed by atoms with van der Waals surface area (Å²) in [4.78, 5) is 0. The van der Waals surface area contributed by atoms with Crippen molar-refractivity contribution in [3.05, 3.63) is 29.8 Å². The fraction of sp³-hybridized carbons (Fsp3) is 0.533. The van der Waals surface area contributed by atoms with Crippen LogP contribution in [0.2, 0.25) is 0 Å². The lowest BCUT2D eigenvalue weighted by atomic mass is 10.0. The maximum Gasteiger partial charge on any atom is 0.170 e. The van der Waals surface area contributed by atoms with E-state index in [1.807, 2.05) is 0 Å². The van der Waals surface area contributed by atoms with E-state index in [1.165, 1.54) is 0 Å². The highest BCUT2D eigenvalue weighted by Gasteiger charge is 2.28. The van der Waals surface area contributed by atoms with Gasteiger partial charge in [0, 0.05) is 25.3 Å². The van der Waals surface area contributed by atoms with Crippen LogP contribution < -0.4 is 15.8 Å². The predicted octanol–water partition coefficient (Wildman–Crippen LogP) is 1.32. The summed E-state index contributed by atoms with van der Waals surface area (Å²) in [6, 6.07) is 7.11. The Morgan fingerprint density at radius 2 is 2.24 bits per heavy atom. The van der Waals surface area contributed by atoms with Gasteiger partial charge in [-0.2, -0.15) is 0 Å². The monoisotopic (exact) mass is 293 g/mol. The number of hydrogen-bond acceptors (Lipinski definition) is 5. The van der Waals surface area contributed by atoms with Crippen molar-refractivity contribution in [2.75, 3.05) is 26.3 Å². The molecule has 1 heterocycles. The van der Waals surface area contributed by atoms with Crippen molar-refractivity contribution in [3.63, 3.8) is 0 Å². The second-order valence-corrected chi connectivity index (χ2v) is 5.44. The van der Waals surface area contributed by atoms with Crippen LogP contribution in [0.15, 0.2) is 29.4 Å². The van der Waals surface area contributed by atoms with Crippen LogP contribution in [0, 0.1) is 0 Å². The molecule has 1 aliphatic rings. The van der Waals surface area contributed by atoms with Crippen LogP contribution >= 0.6 is 0 Å². The Hall–Kier alpha value is -1.79. The standard InChI is InChI=1S/C15H23N3O3/c1-15(7-2-9-21-15)11-17-8-10-20-13-5-3-12(4-6-13)14(16)18-19/h3-6,17,19H,2,7-11H2,1H3,(H2,16,18). The lowest BCUT2D eigenvalue weighted by Gasteiger charge is -2.23. The van der Waals surface area contributed by atoms with E-state index in [0.717, 1.165) is 38.3 Å². The Balaban J connectivity index is 1.66. The van der Waals surface area contributed by atoms with Crippen molar-refractivity contribution in [2.45, 2.75) is 25.4 Å². The molecule has 1 aliphatic heterocycles. The molecule has 1 saturated heterocycles. The van der Waals surface area contributed by atoms with Crippen molar-refractivity contribution >= 4 is 5.84 Å². The summed E-state index contributed by atoms with van der Waals surface area (Å²) >= 11 is 0. The molecule has 0 amide bonds. The predicted molar refractivity (Wildman–Crippen MR) is 80.9 cm³/mol. The molecule has 6 heteroatoms. The van der Waals surface area contributed by atoms with Crippen LogP contribution in [-0.4, -0.2) is 42.9 Å². The van der Waals surface area contributed by atoms with E-state index in [1.54, 1.807) is 24.3 Å². The van der Waals surface area contributed by atoms with E-state index in [2.05, 4.69) is 17.4 Å². The molecule has 1 atom stereocenters. The van der Waals surface area contributed by atoms with E-state index >= 15 is 0 Å². The third-order valence-electron chi connectivity index (χ3n) is 3.60. The molecule has 0 bridgehead atoms. The minimum atomic E-state index is -0.0250. The Labute approximate surface area is 124 Å². The van der Waals surface area contributed by atoms with Crippen LogP contribution in [0.1, 0.15) is 25.3 Å². The van der Waals surface area contributed by atoms with Crippen molar-refractivity contribution < 1.29 is 14.7 Å². The van der Waals surface area contributed by atoms with Crippen molar-refractivity contribution in [1.82, 2.24) is 5.32 Å². The Kier molecular flexibility index (Phi) is 5.41. The molecule has 1 aromatic carbocycles. The molecular weight excluding hydrogens is 270 g/mol. The summed E-state index contributed by atoms with van der Waals surface area (Å²) in [5.74, 6) is 0.850. The van der Waals surface area contributed by atoms with Gasteiger partial charge in [-0.05, 0) is 44.0 Å². The number of rotatable bonds is 7. The highest BCUT2D eigenvalue weighted by molar-refractivity contribution is 5.97. The lowest BCUT2D eigenvalue weighted by molar-refractivity contribution is 0.0205. The normalized spacial score (nSPS) is 22.4. The molecule has 0 radical (unpaired) electrons. The van der Waals surface area contributed by atoms with E-state index in [4.69, 9.17) is 20.4 Å². The lowest BCUT2D eigenvalue weighted by Crippen LogP contribution is -2.38. The van der Waals surface area contributed by atoms with Gasteiger partial charge in [0.25, 0.3) is 0 Å². The quantitative estimate of drug-likeness (QED) is 0.232. The highest BCUT2D eigenvalue weighted by Crippen LogP contribution is 2.23. The van der Waals surface area contributed by atoms with Crippen LogP contribution in [0.4, 0.5) is 0 Å². The summed E-state index contributed by atoms with van der Waals surface area (Å²) in [5.41, 5.74) is 6.13. The maximum absolute atomic E-state index is 8.58. The smallest absolute Gasteiger partial charge is 0.170 e. The second-order valence-electron chi connectivity index (χ2n) is 5.44. The maximum atomic E-state index is 8.58. The molecule has 0 spiro atoms. The summed E-state index contributed by atoms with van der Waals surface area (Å²) in [6.45, 7) is 5.19. The fourth-order valence-electron chi connectivity index (χ4n) is 2.35. The Bertz CT molecular complexity index is 468. The number of amidine groups is 1. The highest BCUT2D eigenvalue weighted by atomic mass is 16.5. The average molecular weight is 293 g/mol. The van der Waals surface area contributed by atoms with Gasteiger partial charge in [0.05, 0.1) is 5.60 Å². The SMILES string of the molecule is CC1(CNCCOc2ccc(/C(N)=N/O)cc2)CCCO1. The topological polar surface area (TPSA) is 89.1 Å². The minimum absolute atomic E-state index is 0.0250. The van der Waals surface area contributed by atoms with Gasteiger partial charge in [0.15, 0.2) is 5.84 Å². The van der Waals surface area contributed by atoms with Gasteiger partial charge in [-0.1, -0.05) is 5.16 Å². The zero-order chi connectivity index (χ0) is 15.1. The minimum Gasteiger partial charge on any atom is -0.492 e. The summed E-state index contributed by atoms with van der Waals surface area (Å²) in [6.07, 6.45) is 2.25. The van der Waals surface area contributed by atoms with Crippen molar-refractivity contribution in [2.24, 2.45) is 10.9 Å². The summed E-state index contributed by atoms with van der Waals surface area (Å²) in [7, 11) is 0. The van der Waals surface area contributed by atoms with Gasteiger partial charge in [-0.25, -0.2) is 0 Å². The van der Waals surface area contributed by atoms with Gasteiger partial charge in [0.1, 0.15) is 12.4 Å². The average Bonchev–Trinajstić information content (AvgIpc) is 2.94. The van der Waals surface area contributed by atoms with Crippen molar-refractivity contribution in [3.8, 4) is 5.75 Å². The molecule has 0 aliphatic carbocycles. The van der Waals surface area contributed by atoms with E-state index in [-0.39, 0.29) is 11.4 Å². The first-order valence-corrected chi connectivity index (χ1v) is 7.18. The summed E-state index contributed by atoms with van der Waals surface area (Å²) in [5, 5.41) is 14.9. The van der Waals surface area contributed by atoms with Gasteiger partial charge >= 0.3 is 0 Å². The largest absolute Gasteiger partial charge is 0.492 e. The molecule has 0 aromatic heterocycles. The van der Waals surface area contributed by atoms with Gasteiger partial charge < -0.3 is 25.7 Å². The second kappa shape index (κ2) is 7.28. The molecule has 1 unspecified atom stereocenters. The zero-order valence-corrected chi connectivity index (χ0v) is 12.3. The molecular formula is C15H23N3O3. The third-order valence-corrected chi connectivity index (χ3v) is 3.60. The van der Waals surface area contributed by atoms with Crippen molar-refractivity contribution in [1.29, 1.82) is 0 Å². The first kappa shape index (κ1) is 15.6. The first-order valence-electron chi connectivity index (χ1n) is 7.18. The molecule has 1 fully saturated rings. The third kappa shape index (κ3) is 4.61.